The third kappa shape index (κ3) is 5.92. The zero-order valence-electron chi connectivity index (χ0n) is 18.0. The lowest BCUT2D eigenvalue weighted by molar-refractivity contribution is -0.139. The van der Waals surface area contributed by atoms with Crippen molar-refractivity contribution >= 4 is 21.8 Å². The number of carbonyl (C=O) groups is 2. The van der Waals surface area contributed by atoms with Crippen LogP contribution in [0.3, 0.4) is 0 Å². The fourth-order valence-corrected chi connectivity index (χ4v) is 5.83. The molecule has 1 aliphatic heterocycles. The molecule has 0 spiro atoms. The average molecular weight is 462 g/mol. The second-order valence-corrected chi connectivity index (χ2v) is 9.75. The summed E-state index contributed by atoms with van der Waals surface area (Å²) in [5, 5.41) is 5.14. The van der Waals surface area contributed by atoms with Crippen molar-refractivity contribution in [1.29, 1.82) is 0 Å². The van der Waals surface area contributed by atoms with Crippen LogP contribution in [0.15, 0.2) is 53.4 Å². The van der Waals surface area contributed by atoms with Crippen LogP contribution >= 0.6 is 0 Å². The first-order chi connectivity index (χ1) is 15.3. The number of piperidine rings is 1. The summed E-state index contributed by atoms with van der Waals surface area (Å²) in [5.41, 5.74) is 1.24. The van der Waals surface area contributed by atoms with E-state index >= 15 is 0 Å². The Kier molecular flexibility index (Phi) is 7.98. The molecule has 1 atom stereocenters. The normalized spacial score (nSPS) is 17.0. The molecule has 172 valence electrons. The highest BCUT2D eigenvalue weighted by molar-refractivity contribution is 7.89. The summed E-state index contributed by atoms with van der Waals surface area (Å²) in [6.45, 7) is 2.37. The largest absolute Gasteiger partial charge is 0.348 e. The number of amides is 2. The molecule has 0 unspecified atom stereocenters. The van der Waals surface area contributed by atoms with Crippen LogP contribution in [-0.4, -0.2) is 43.7 Å². The average Bonchev–Trinajstić information content (AvgIpc) is 2.78. The van der Waals surface area contributed by atoms with E-state index in [0.29, 0.717) is 24.9 Å². The number of halogens is 1. The molecule has 1 fully saturated rings. The van der Waals surface area contributed by atoms with E-state index in [4.69, 9.17) is 0 Å². The molecule has 2 N–H and O–H groups in total. The molecule has 32 heavy (non-hydrogen) atoms. The Balaban J connectivity index is 1.56. The van der Waals surface area contributed by atoms with Gasteiger partial charge in [0.15, 0.2) is 0 Å². The van der Waals surface area contributed by atoms with Gasteiger partial charge in [0, 0.05) is 25.7 Å². The quantitative estimate of drug-likeness (QED) is 0.620. The van der Waals surface area contributed by atoms with Crippen molar-refractivity contribution in [3.63, 3.8) is 0 Å². The number of rotatable bonds is 7. The van der Waals surface area contributed by atoms with Gasteiger partial charge in [-0.2, -0.15) is 4.31 Å². The number of carbonyl (C=O) groups excluding carboxylic acids is 2. The van der Waals surface area contributed by atoms with Crippen molar-refractivity contribution in [2.45, 2.75) is 50.1 Å². The Morgan fingerprint density at radius 3 is 2.50 bits per heavy atom. The Hall–Kier alpha value is -2.78. The number of aryl methyl sites for hydroxylation is 1. The van der Waals surface area contributed by atoms with Gasteiger partial charge >= 0.3 is 11.8 Å². The molecule has 2 aromatic carbocycles. The van der Waals surface area contributed by atoms with Crippen molar-refractivity contribution in [3.8, 4) is 0 Å². The van der Waals surface area contributed by atoms with Crippen molar-refractivity contribution < 1.29 is 22.4 Å². The Morgan fingerprint density at radius 2 is 1.78 bits per heavy atom. The Labute approximate surface area is 188 Å². The first-order valence-corrected chi connectivity index (χ1v) is 12.1. The molecule has 7 nitrogen and oxygen atoms in total. The molecule has 1 saturated heterocycles. The van der Waals surface area contributed by atoms with Crippen LogP contribution in [0.2, 0.25) is 0 Å². The van der Waals surface area contributed by atoms with Gasteiger partial charge in [-0.3, -0.25) is 9.59 Å². The standard InChI is InChI=1S/C23H28FN3O4S/c1-17-15-19(24)10-11-21(17)32(30,31)27-14-6-5-9-20(27)12-13-25-22(28)23(29)26-16-18-7-3-2-4-8-18/h2-4,7-8,10-11,15,20H,5-6,9,12-14,16H2,1H3,(H,25,28)(H,26,29)/t20-/m0/s1. The fourth-order valence-electron chi connectivity index (χ4n) is 3.90. The van der Waals surface area contributed by atoms with Crippen LogP contribution in [0.25, 0.3) is 0 Å². The lowest BCUT2D eigenvalue weighted by atomic mass is 10.0. The second-order valence-electron chi connectivity index (χ2n) is 7.89. The molecule has 0 saturated carbocycles. The maximum absolute atomic E-state index is 13.4. The maximum atomic E-state index is 13.4. The minimum absolute atomic E-state index is 0.0927. The lowest BCUT2D eigenvalue weighted by Crippen LogP contribution is -2.46. The summed E-state index contributed by atoms with van der Waals surface area (Å²) in [6, 6.07) is 12.6. The minimum Gasteiger partial charge on any atom is -0.348 e. The van der Waals surface area contributed by atoms with Crippen LogP contribution in [0.4, 0.5) is 4.39 Å². The lowest BCUT2D eigenvalue weighted by Gasteiger charge is -2.35. The van der Waals surface area contributed by atoms with Gasteiger partial charge in [0.1, 0.15) is 5.82 Å². The van der Waals surface area contributed by atoms with E-state index < -0.39 is 27.7 Å². The van der Waals surface area contributed by atoms with Crippen molar-refractivity contribution in [2.24, 2.45) is 0 Å². The second kappa shape index (κ2) is 10.7. The molecule has 2 aromatic rings. The maximum Gasteiger partial charge on any atom is 0.309 e. The molecule has 2 amide bonds. The summed E-state index contributed by atoms with van der Waals surface area (Å²) >= 11 is 0. The molecular formula is C23H28FN3O4S. The summed E-state index contributed by atoms with van der Waals surface area (Å²) in [7, 11) is -3.79. The van der Waals surface area contributed by atoms with Gasteiger partial charge in [-0.15, -0.1) is 0 Å². The summed E-state index contributed by atoms with van der Waals surface area (Å²) in [5.74, 6) is -1.96. The van der Waals surface area contributed by atoms with E-state index in [2.05, 4.69) is 10.6 Å². The van der Waals surface area contributed by atoms with Crippen LogP contribution < -0.4 is 10.6 Å². The zero-order valence-corrected chi connectivity index (χ0v) is 18.8. The number of benzene rings is 2. The van der Waals surface area contributed by atoms with E-state index in [1.54, 1.807) is 6.92 Å². The van der Waals surface area contributed by atoms with Crippen LogP contribution in [0.1, 0.15) is 36.8 Å². The molecule has 1 aliphatic rings. The molecule has 0 aromatic heterocycles. The van der Waals surface area contributed by atoms with E-state index in [1.165, 1.54) is 16.4 Å². The zero-order chi connectivity index (χ0) is 23.1. The molecule has 0 aliphatic carbocycles. The topological polar surface area (TPSA) is 95.6 Å². The fraction of sp³-hybridized carbons (Fsp3) is 0.391. The van der Waals surface area contributed by atoms with Gasteiger partial charge < -0.3 is 10.6 Å². The minimum atomic E-state index is -3.79. The molecule has 1 heterocycles. The number of sulfonamides is 1. The summed E-state index contributed by atoms with van der Waals surface area (Å²) < 4.78 is 41.3. The van der Waals surface area contributed by atoms with E-state index in [-0.39, 0.29) is 24.0 Å². The SMILES string of the molecule is Cc1cc(F)ccc1S(=O)(=O)N1CCCC[C@H]1CCNC(=O)C(=O)NCc1ccccc1. The molecule has 9 heteroatoms. The Morgan fingerprint density at radius 1 is 1.06 bits per heavy atom. The number of nitrogens with one attached hydrogen (secondary N) is 2. The van der Waals surface area contributed by atoms with Crippen molar-refractivity contribution in [2.75, 3.05) is 13.1 Å². The van der Waals surface area contributed by atoms with Crippen LogP contribution in [0, 0.1) is 12.7 Å². The van der Waals surface area contributed by atoms with Crippen molar-refractivity contribution in [3.05, 3.63) is 65.5 Å². The molecule has 3 rings (SSSR count). The van der Waals surface area contributed by atoms with E-state index in [0.717, 1.165) is 24.5 Å². The van der Waals surface area contributed by atoms with E-state index in [1.807, 2.05) is 30.3 Å². The monoisotopic (exact) mass is 461 g/mol. The first kappa shape index (κ1) is 23.9. The molecule has 0 radical (unpaired) electrons. The third-order valence-electron chi connectivity index (χ3n) is 5.56. The van der Waals surface area contributed by atoms with Crippen LogP contribution in [0.5, 0.6) is 0 Å². The molecule has 0 bridgehead atoms. The molecular weight excluding hydrogens is 433 g/mol. The van der Waals surface area contributed by atoms with Gasteiger partial charge in [-0.05, 0) is 55.5 Å². The highest BCUT2D eigenvalue weighted by Crippen LogP contribution is 2.28. The highest BCUT2D eigenvalue weighted by atomic mass is 32.2. The van der Waals surface area contributed by atoms with Gasteiger partial charge in [0.2, 0.25) is 10.0 Å². The number of hydrogen-bond donors (Lipinski definition) is 2. The summed E-state index contributed by atoms with van der Waals surface area (Å²) in [6.07, 6.45) is 2.67. The Bertz CT molecular complexity index is 1060. The number of hydrogen-bond acceptors (Lipinski definition) is 4. The van der Waals surface area contributed by atoms with E-state index in [9.17, 15) is 22.4 Å². The van der Waals surface area contributed by atoms with Gasteiger partial charge in [-0.1, -0.05) is 36.8 Å². The highest BCUT2D eigenvalue weighted by Gasteiger charge is 2.34. The van der Waals surface area contributed by atoms with Crippen molar-refractivity contribution in [1.82, 2.24) is 14.9 Å². The summed E-state index contributed by atoms with van der Waals surface area (Å²) in [4.78, 5) is 24.2. The van der Waals surface area contributed by atoms with Gasteiger partial charge in [0.05, 0.1) is 4.90 Å². The predicted octanol–water partition coefficient (Wildman–Crippen LogP) is 2.50. The van der Waals surface area contributed by atoms with Gasteiger partial charge in [0.25, 0.3) is 0 Å². The third-order valence-corrected chi connectivity index (χ3v) is 7.67. The smallest absolute Gasteiger partial charge is 0.309 e. The first-order valence-electron chi connectivity index (χ1n) is 10.7. The predicted molar refractivity (Wildman–Crippen MR) is 119 cm³/mol. The van der Waals surface area contributed by atoms with Crippen LogP contribution in [-0.2, 0) is 26.2 Å². The van der Waals surface area contributed by atoms with Gasteiger partial charge in [-0.25, -0.2) is 12.8 Å². The number of nitrogens with zero attached hydrogens (tertiary/aromatic N) is 1.